The summed E-state index contributed by atoms with van der Waals surface area (Å²) in [5, 5.41) is 2.10. The van der Waals surface area contributed by atoms with E-state index in [-0.39, 0.29) is 0 Å². The van der Waals surface area contributed by atoms with E-state index >= 15 is 0 Å². The maximum absolute atomic E-state index is 10.8. The fourth-order valence-electron chi connectivity index (χ4n) is 1.42. The van der Waals surface area contributed by atoms with Crippen LogP contribution in [0.25, 0.3) is 0 Å². The molecule has 0 aliphatic heterocycles. The largest absolute Gasteiger partial charge is 0.276 e. The van der Waals surface area contributed by atoms with Crippen LogP contribution in [-0.4, -0.2) is 27.0 Å². The number of benzene rings is 1. The van der Waals surface area contributed by atoms with Gasteiger partial charge in [-0.05, 0) is 30.7 Å². The van der Waals surface area contributed by atoms with Crippen LogP contribution in [0.4, 0.5) is 11.4 Å². The first-order valence-electron chi connectivity index (χ1n) is 4.85. The van der Waals surface area contributed by atoms with Crippen LogP contribution >= 0.6 is 0 Å². The molecule has 2 amide bonds. The van der Waals surface area contributed by atoms with E-state index in [0.717, 1.165) is 15.7 Å². The molecule has 0 unspecified atom stereocenters. The second kappa shape index (κ2) is 5.97. The Kier molecular flexibility index (Phi) is 4.62. The zero-order valence-electron chi connectivity index (χ0n) is 9.91. The van der Waals surface area contributed by atoms with Crippen LogP contribution in [0.2, 0.25) is 0 Å². The van der Waals surface area contributed by atoms with Gasteiger partial charge in [0.25, 0.3) is 0 Å². The van der Waals surface area contributed by atoms with Gasteiger partial charge in [-0.3, -0.25) is 19.3 Å². The standard InChI is InChI=1S/C11H14N2O4/c1-9-4-10(12(7-14)16-2)6-11(5-9)13(8-15)17-3/h4-8H,1-3H3. The SMILES string of the molecule is CON(C=O)c1cc(C)cc(N(C=O)OC)c1. The predicted octanol–water partition coefficient (Wildman–Crippen LogP) is 1.04. The summed E-state index contributed by atoms with van der Waals surface area (Å²) in [5.74, 6) is 0. The fourth-order valence-corrected chi connectivity index (χ4v) is 1.42. The molecule has 0 saturated carbocycles. The highest BCUT2D eigenvalue weighted by atomic mass is 16.7. The maximum Gasteiger partial charge on any atom is 0.238 e. The molecule has 6 nitrogen and oxygen atoms in total. The van der Waals surface area contributed by atoms with Crippen molar-refractivity contribution in [1.29, 1.82) is 0 Å². The van der Waals surface area contributed by atoms with E-state index < -0.39 is 0 Å². The van der Waals surface area contributed by atoms with Crippen molar-refractivity contribution in [2.75, 3.05) is 24.3 Å². The van der Waals surface area contributed by atoms with Gasteiger partial charge in [0, 0.05) is 0 Å². The number of nitrogens with zero attached hydrogens (tertiary/aromatic N) is 2. The maximum atomic E-state index is 10.8. The van der Waals surface area contributed by atoms with E-state index in [1.165, 1.54) is 14.2 Å². The molecule has 0 aliphatic rings. The quantitative estimate of drug-likeness (QED) is 0.549. The van der Waals surface area contributed by atoms with Crippen molar-refractivity contribution in [2.24, 2.45) is 0 Å². The molecule has 0 heterocycles. The average Bonchev–Trinajstić information content (AvgIpc) is 2.31. The van der Waals surface area contributed by atoms with E-state index in [0.29, 0.717) is 24.2 Å². The Balaban J connectivity index is 3.17. The zero-order valence-corrected chi connectivity index (χ0v) is 9.91. The molecule has 0 atom stereocenters. The van der Waals surface area contributed by atoms with Crippen LogP contribution in [-0.2, 0) is 19.3 Å². The van der Waals surface area contributed by atoms with Gasteiger partial charge in [-0.1, -0.05) is 0 Å². The summed E-state index contributed by atoms with van der Waals surface area (Å²) in [4.78, 5) is 31.2. The number of hydrogen-bond acceptors (Lipinski definition) is 4. The van der Waals surface area contributed by atoms with Crippen molar-refractivity contribution in [3.05, 3.63) is 23.8 Å². The molecule has 0 spiro atoms. The lowest BCUT2D eigenvalue weighted by molar-refractivity contribution is -0.113. The van der Waals surface area contributed by atoms with Crippen LogP contribution in [0, 0.1) is 6.92 Å². The zero-order chi connectivity index (χ0) is 12.8. The minimum absolute atomic E-state index is 0.515. The molecular formula is C11H14N2O4. The minimum atomic E-state index is 0.515. The van der Waals surface area contributed by atoms with Crippen molar-refractivity contribution in [3.63, 3.8) is 0 Å². The summed E-state index contributed by atoms with van der Waals surface area (Å²) in [6.07, 6.45) is 1.08. The van der Waals surface area contributed by atoms with Gasteiger partial charge < -0.3 is 0 Å². The molecule has 0 fully saturated rings. The molecule has 92 valence electrons. The van der Waals surface area contributed by atoms with Crippen molar-refractivity contribution in [2.45, 2.75) is 6.92 Å². The number of carbonyl (C=O) groups is 2. The van der Waals surface area contributed by atoms with Crippen LogP contribution < -0.4 is 10.1 Å². The average molecular weight is 238 g/mol. The van der Waals surface area contributed by atoms with E-state index in [9.17, 15) is 9.59 Å². The number of rotatable bonds is 6. The van der Waals surface area contributed by atoms with Gasteiger partial charge in [0.1, 0.15) is 0 Å². The first-order valence-corrected chi connectivity index (χ1v) is 4.85. The van der Waals surface area contributed by atoms with E-state index in [1.54, 1.807) is 18.2 Å². The van der Waals surface area contributed by atoms with Crippen LogP contribution in [0.1, 0.15) is 5.56 Å². The Hall–Kier alpha value is -1.92. The minimum Gasteiger partial charge on any atom is -0.276 e. The monoisotopic (exact) mass is 238 g/mol. The molecule has 0 saturated heterocycles. The topological polar surface area (TPSA) is 59.1 Å². The molecule has 1 aromatic carbocycles. The van der Waals surface area contributed by atoms with Crippen molar-refractivity contribution >= 4 is 24.2 Å². The highest BCUT2D eigenvalue weighted by molar-refractivity contribution is 5.79. The van der Waals surface area contributed by atoms with Gasteiger partial charge in [0.2, 0.25) is 12.8 Å². The number of hydrogen-bond donors (Lipinski definition) is 0. The molecule has 0 N–H and O–H groups in total. The third-order valence-electron chi connectivity index (χ3n) is 2.14. The van der Waals surface area contributed by atoms with E-state index in [1.807, 2.05) is 6.92 Å². The summed E-state index contributed by atoms with van der Waals surface area (Å²) < 4.78 is 0. The molecule has 1 rings (SSSR count). The molecule has 0 bridgehead atoms. The Labute approximate surface area is 99.2 Å². The van der Waals surface area contributed by atoms with Gasteiger partial charge >= 0.3 is 0 Å². The molecule has 0 radical (unpaired) electrons. The Bertz CT molecular complexity index is 374. The van der Waals surface area contributed by atoms with Crippen LogP contribution in [0.15, 0.2) is 18.2 Å². The van der Waals surface area contributed by atoms with Gasteiger partial charge in [-0.15, -0.1) is 0 Å². The number of carbonyl (C=O) groups excluding carboxylic acids is 2. The lowest BCUT2D eigenvalue weighted by atomic mass is 10.2. The first-order chi connectivity index (χ1) is 8.15. The normalized spacial score (nSPS) is 9.82. The summed E-state index contributed by atoms with van der Waals surface area (Å²) >= 11 is 0. The molecular weight excluding hydrogens is 224 g/mol. The summed E-state index contributed by atoms with van der Waals surface area (Å²) in [6.45, 7) is 1.84. The van der Waals surface area contributed by atoms with Crippen LogP contribution in [0.5, 0.6) is 0 Å². The molecule has 0 aromatic heterocycles. The van der Waals surface area contributed by atoms with Gasteiger partial charge in [-0.25, -0.2) is 0 Å². The highest BCUT2D eigenvalue weighted by Crippen LogP contribution is 2.24. The smallest absolute Gasteiger partial charge is 0.238 e. The van der Waals surface area contributed by atoms with E-state index in [2.05, 4.69) is 0 Å². The summed E-state index contributed by atoms with van der Waals surface area (Å²) in [5.41, 5.74) is 1.90. The third-order valence-corrected chi connectivity index (χ3v) is 2.14. The van der Waals surface area contributed by atoms with Crippen molar-refractivity contribution in [1.82, 2.24) is 0 Å². The Morgan fingerprint density at radius 2 is 1.35 bits per heavy atom. The summed E-state index contributed by atoms with van der Waals surface area (Å²) in [7, 11) is 2.76. The lowest BCUT2D eigenvalue weighted by Gasteiger charge is -2.19. The van der Waals surface area contributed by atoms with Crippen molar-refractivity contribution < 1.29 is 19.3 Å². The Morgan fingerprint density at radius 1 is 0.941 bits per heavy atom. The first kappa shape index (κ1) is 13.1. The number of anilines is 2. The lowest BCUT2D eigenvalue weighted by Crippen LogP contribution is -2.22. The second-order valence-corrected chi connectivity index (χ2v) is 3.25. The molecule has 6 heteroatoms. The Morgan fingerprint density at radius 3 is 1.65 bits per heavy atom. The van der Waals surface area contributed by atoms with Gasteiger partial charge in [-0.2, -0.15) is 10.1 Å². The van der Waals surface area contributed by atoms with Gasteiger partial charge in [0.15, 0.2) is 0 Å². The fraction of sp³-hybridized carbons (Fsp3) is 0.273. The van der Waals surface area contributed by atoms with Crippen LogP contribution in [0.3, 0.4) is 0 Å². The second-order valence-electron chi connectivity index (χ2n) is 3.25. The number of hydroxylamine groups is 2. The third kappa shape index (κ3) is 3.02. The van der Waals surface area contributed by atoms with Crippen molar-refractivity contribution in [3.8, 4) is 0 Å². The molecule has 17 heavy (non-hydrogen) atoms. The van der Waals surface area contributed by atoms with E-state index in [4.69, 9.17) is 9.68 Å². The number of aryl methyl sites for hydroxylation is 1. The predicted molar refractivity (Wildman–Crippen MR) is 62.3 cm³/mol. The summed E-state index contributed by atoms with van der Waals surface area (Å²) in [6, 6.07) is 5.10. The molecule has 0 aliphatic carbocycles. The van der Waals surface area contributed by atoms with Gasteiger partial charge in [0.05, 0.1) is 25.6 Å². The number of amides is 2. The highest BCUT2D eigenvalue weighted by Gasteiger charge is 2.10. The molecule has 1 aromatic rings.